The first-order chi connectivity index (χ1) is 18.4. The third-order valence-corrected chi connectivity index (χ3v) is 7.67. The van der Waals surface area contributed by atoms with Crippen molar-refractivity contribution in [2.24, 2.45) is 5.92 Å². The number of nitrogens with zero attached hydrogens (tertiary/aromatic N) is 1. The Morgan fingerprint density at radius 2 is 1.72 bits per heavy atom. The molecule has 3 atom stereocenters. The fourth-order valence-corrected chi connectivity index (χ4v) is 5.31. The monoisotopic (exact) mass is 543 g/mol. The quantitative estimate of drug-likeness (QED) is 0.285. The minimum Gasteiger partial charge on any atom is -0.444 e. The molecular formula is C32H53N3O4. The Kier molecular flexibility index (Phi) is 12.8. The summed E-state index contributed by atoms with van der Waals surface area (Å²) >= 11 is 0. The summed E-state index contributed by atoms with van der Waals surface area (Å²) in [6.45, 7) is 15.9. The molecule has 220 valence electrons. The van der Waals surface area contributed by atoms with Crippen molar-refractivity contribution >= 4 is 17.9 Å². The average Bonchev–Trinajstić information content (AvgIpc) is 2.86. The number of unbranched alkanes of at least 4 members (excludes halogenated alkanes) is 2. The van der Waals surface area contributed by atoms with Crippen LogP contribution in [-0.2, 0) is 14.3 Å². The third kappa shape index (κ3) is 10.2. The number of aryl methyl sites for hydroxylation is 2. The zero-order valence-electron chi connectivity index (χ0n) is 25.7. The van der Waals surface area contributed by atoms with Gasteiger partial charge in [0, 0.05) is 12.6 Å². The van der Waals surface area contributed by atoms with Crippen molar-refractivity contribution in [3.05, 3.63) is 34.9 Å². The van der Waals surface area contributed by atoms with E-state index in [9.17, 15) is 14.4 Å². The fourth-order valence-electron chi connectivity index (χ4n) is 5.31. The molecule has 1 saturated carbocycles. The molecule has 7 heteroatoms. The second kappa shape index (κ2) is 15.3. The van der Waals surface area contributed by atoms with Crippen molar-refractivity contribution in [1.29, 1.82) is 0 Å². The number of hydrogen-bond donors (Lipinski definition) is 2. The van der Waals surface area contributed by atoms with Gasteiger partial charge in [0.15, 0.2) is 0 Å². The number of alkyl carbamates (subject to hydrolysis) is 1. The number of ether oxygens (including phenoxy) is 1. The van der Waals surface area contributed by atoms with Gasteiger partial charge >= 0.3 is 6.09 Å². The molecule has 0 spiro atoms. The van der Waals surface area contributed by atoms with Crippen molar-refractivity contribution in [3.8, 4) is 0 Å². The minimum absolute atomic E-state index is 0.123. The summed E-state index contributed by atoms with van der Waals surface area (Å²) in [5.41, 5.74) is 2.23. The maximum atomic E-state index is 14.4. The largest absolute Gasteiger partial charge is 0.444 e. The highest BCUT2D eigenvalue weighted by Crippen LogP contribution is 2.29. The van der Waals surface area contributed by atoms with E-state index in [-0.39, 0.29) is 23.8 Å². The van der Waals surface area contributed by atoms with Crippen LogP contribution in [0.3, 0.4) is 0 Å². The Balaban J connectivity index is 2.53. The first-order valence-corrected chi connectivity index (χ1v) is 15.0. The van der Waals surface area contributed by atoms with Crippen molar-refractivity contribution in [1.82, 2.24) is 15.5 Å². The molecule has 0 bridgehead atoms. The fraction of sp³-hybridized carbons (Fsp3) is 0.719. The van der Waals surface area contributed by atoms with E-state index >= 15 is 0 Å². The first kappa shape index (κ1) is 32.6. The molecule has 0 heterocycles. The van der Waals surface area contributed by atoms with Gasteiger partial charge in [-0.1, -0.05) is 83.1 Å². The van der Waals surface area contributed by atoms with Crippen molar-refractivity contribution in [2.75, 3.05) is 6.54 Å². The lowest BCUT2D eigenvalue weighted by atomic mass is 9.92. The number of amides is 3. The topological polar surface area (TPSA) is 87.7 Å². The summed E-state index contributed by atoms with van der Waals surface area (Å²) in [4.78, 5) is 43.0. The lowest BCUT2D eigenvalue weighted by molar-refractivity contribution is -0.144. The summed E-state index contributed by atoms with van der Waals surface area (Å²) in [7, 11) is 0. The van der Waals surface area contributed by atoms with Gasteiger partial charge in [0.2, 0.25) is 11.8 Å². The Hall–Kier alpha value is -2.57. The smallest absolute Gasteiger partial charge is 0.408 e. The predicted molar refractivity (Wildman–Crippen MR) is 158 cm³/mol. The lowest BCUT2D eigenvalue weighted by Crippen LogP contribution is -2.56. The van der Waals surface area contributed by atoms with Crippen LogP contribution in [-0.4, -0.2) is 47.0 Å². The molecular weight excluding hydrogens is 490 g/mol. The van der Waals surface area contributed by atoms with Crippen LogP contribution in [0.15, 0.2) is 18.2 Å². The van der Waals surface area contributed by atoms with Gasteiger partial charge < -0.3 is 20.3 Å². The number of carbonyl (C=O) groups excluding carboxylic acids is 3. The van der Waals surface area contributed by atoms with Gasteiger partial charge in [0.05, 0.1) is 0 Å². The lowest BCUT2D eigenvalue weighted by Gasteiger charge is -2.37. The molecule has 0 aliphatic heterocycles. The molecule has 1 fully saturated rings. The van der Waals surface area contributed by atoms with E-state index in [1.165, 1.54) is 6.42 Å². The molecule has 3 amide bonds. The molecule has 0 aromatic heterocycles. The molecule has 2 rings (SSSR count). The van der Waals surface area contributed by atoms with Crippen LogP contribution in [0.25, 0.3) is 0 Å². The van der Waals surface area contributed by atoms with E-state index in [0.29, 0.717) is 13.0 Å². The zero-order chi connectivity index (χ0) is 29.2. The van der Waals surface area contributed by atoms with Crippen LogP contribution < -0.4 is 10.6 Å². The predicted octanol–water partition coefficient (Wildman–Crippen LogP) is 6.75. The second-order valence-corrected chi connectivity index (χ2v) is 12.4. The number of benzene rings is 1. The molecule has 3 unspecified atom stereocenters. The van der Waals surface area contributed by atoms with Crippen molar-refractivity contribution in [3.63, 3.8) is 0 Å². The van der Waals surface area contributed by atoms with Gasteiger partial charge in [-0.15, -0.1) is 0 Å². The molecule has 7 nitrogen and oxygen atoms in total. The highest BCUT2D eigenvalue weighted by Gasteiger charge is 2.39. The van der Waals surface area contributed by atoms with E-state index in [2.05, 4.69) is 23.6 Å². The Morgan fingerprint density at radius 1 is 1.05 bits per heavy atom. The zero-order valence-corrected chi connectivity index (χ0v) is 25.7. The Labute approximate surface area is 236 Å². The van der Waals surface area contributed by atoms with Crippen molar-refractivity contribution < 1.29 is 19.1 Å². The van der Waals surface area contributed by atoms with Crippen LogP contribution in [0.1, 0.15) is 122 Å². The van der Waals surface area contributed by atoms with E-state index in [4.69, 9.17) is 4.74 Å². The van der Waals surface area contributed by atoms with Crippen LogP contribution in [0.4, 0.5) is 4.79 Å². The van der Waals surface area contributed by atoms with Crippen LogP contribution in [0.5, 0.6) is 0 Å². The van der Waals surface area contributed by atoms with Gasteiger partial charge in [-0.3, -0.25) is 9.59 Å². The maximum Gasteiger partial charge on any atom is 0.408 e. The van der Waals surface area contributed by atoms with Crippen LogP contribution in [0, 0.1) is 19.8 Å². The SMILES string of the molecule is CCCCCN(C(=O)C(NC(=O)OC(C)(C)C)C(C)CC)C(C(=O)NC1CCCCC1)c1ccc(C)cc1C. The summed E-state index contributed by atoms with van der Waals surface area (Å²) in [5.74, 6) is -0.520. The van der Waals surface area contributed by atoms with Crippen molar-refractivity contribution in [2.45, 2.75) is 137 Å². The Bertz CT molecular complexity index is 949. The molecule has 1 aliphatic rings. The van der Waals surface area contributed by atoms with E-state index in [1.807, 2.05) is 39.8 Å². The van der Waals surface area contributed by atoms with Gasteiger partial charge in [-0.05, 0) is 70.9 Å². The van der Waals surface area contributed by atoms with Gasteiger partial charge in [-0.2, -0.15) is 0 Å². The number of carbonyl (C=O) groups is 3. The average molecular weight is 544 g/mol. The molecule has 1 aromatic rings. The summed E-state index contributed by atoms with van der Waals surface area (Å²) in [6, 6.07) is 4.59. The van der Waals surface area contributed by atoms with E-state index in [1.54, 1.807) is 25.7 Å². The molecule has 1 aromatic carbocycles. The second-order valence-electron chi connectivity index (χ2n) is 12.4. The van der Waals surface area contributed by atoms with Crippen LogP contribution in [0.2, 0.25) is 0 Å². The molecule has 0 radical (unpaired) electrons. The molecule has 39 heavy (non-hydrogen) atoms. The highest BCUT2D eigenvalue weighted by atomic mass is 16.6. The number of nitrogens with one attached hydrogen (secondary N) is 2. The summed E-state index contributed by atoms with van der Waals surface area (Å²) in [5, 5.41) is 6.16. The summed E-state index contributed by atoms with van der Waals surface area (Å²) < 4.78 is 5.52. The van der Waals surface area contributed by atoms with E-state index < -0.39 is 23.8 Å². The minimum atomic E-state index is -0.804. The Morgan fingerprint density at radius 3 is 2.28 bits per heavy atom. The third-order valence-electron chi connectivity index (χ3n) is 7.67. The van der Waals surface area contributed by atoms with Gasteiger partial charge in [0.25, 0.3) is 0 Å². The maximum absolute atomic E-state index is 14.4. The highest BCUT2D eigenvalue weighted by molar-refractivity contribution is 5.92. The standard InChI is InChI=1S/C32H53N3O4/c1-9-11-15-20-35(30(37)27(23(4)10-2)34-31(38)39-32(6,7)8)28(26-19-18-22(3)21-24(26)5)29(36)33-25-16-13-12-14-17-25/h18-19,21,23,25,27-28H,9-17,20H2,1-8H3,(H,33,36)(H,34,38). The van der Waals surface area contributed by atoms with E-state index in [0.717, 1.165) is 61.6 Å². The summed E-state index contributed by atoms with van der Waals surface area (Å²) in [6.07, 6.45) is 8.12. The number of hydrogen-bond acceptors (Lipinski definition) is 4. The van der Waals surface area contributed by atoms with Crippen LogP contribution >= 0.6 is 0 Å². The van der Waals surface area contributed by atoms with Gasteiger partial charge in [0.1, 0.15) is 17.7 Å². The normalized spacial score (nSPS) is 16.6. The molecule has 1 aliphatic carbocycles. The molecule has 2 N–H and O–H groups in total. The van der Waals surface area contributed by atoms with Gasteiger partial charge in [-0.25, -0.2) is 4.79 Å². The number of rotatable bonds is 12. The molecule has 0 saturated heterocycles. The first-order valence-electron chi connectivity index (χ1n) is 15.0.